The Labute approximate surface area is 129 Å². The molecule has 0 aliphatic heterocycles. The Morgan fingerprint density at radius 2 is 1.91 bits per heavy atom. The number of hydrogen-bond acceptors (Lipinski definition) is 1. The van der Waals surface area contributed by atoms with Gasteiger partial charge in [0.2, 0.25) is 0 Å². The van der Waals surface area contributed by atoms with Gasteiger partial charge >= 0.3 is 0 Å². The summed E-state index contributed by atoms with van der Waals surface area (Å²) >= 11 is 0. The number of halogens is 1. The maximum atomic E-state index is 14.2. The van der Waals surface area contributed by atoms with Gasteiger partial charge in [-0.2, -0.15) is 0 Å². The van der Waals surface area contributed by atoms with Crippen LogP contribution in [0.5, 0.6) is 0 Å². The molecule has 2 bridgehead atoms. The molecule has 0 saturated heterocycles. The first-order chi connectivity index (χ1) is 10.3. The smallest absolute Gasteiger partial charge is 0.275 e. The minimum atomic E-state index is -0.361. The standard InChI is InChI=1S/C18H21FN2O/c1-17(2)11-9-10-18(17,3)15-14(11)16(22)21(20(15)4)13-8-6-5-7-12(13)19/h5-8,11H,9-10H2,1-4H3/t11?,18-/m0/s1. The first-order valence-electron chi connectivity index (χ1n) is 7.88. The fourth-order valence-electron chi connectivity index (χ4n) is 4.92. The lowest BCUT2D eigenvalue weighted by atomic mass is 9.70. The summed E-state index contributed by atoms with van der Waals surface area (Å²) in [6.45, 7) is 6.78. The number of hydrogen-bond donors (Lipinski definition) is 0. The molecule has 2 atom stereocenters. The second-order valence-corrected chi connectivity index (χ2v) is 7.50. The van der Waals surface area contributed by atoms with Crippen LogP contribution in [0.15, 0.2) is 29.1 Å². The molecule has 0 radical (unpaired) electrons. The largest absolute Gasteiger partial charge is 0.284 e. The Bertz CT molecular complexity index is 845. The summed E-state index contributed by atoms with van der Waals surface area (Å²) < 4.78 is 17.6. The van der Waals surface area contributed by atoms with Crippen LogP contribution in [-0.2, 0) is 12.5 Å². The highest BCUT2D eigenvalue weighted by molar-refractivity contribution is 5.47. The van der Waals surface area contributed by atoms with Gasteiger partial charge in [-0.05, 0) is 36.3 Å². The minimum absolute atomic E-state index is 0.0165. The van der Waals surface area contributed by atoms with E-state index < -0.39 is 0 Å². The summed E-state index contributed by atoms with van der Waals surface area (Å²) in [5.41, 5.74) is 2.36. The molecule has 4 heteroatoms. The molecule has 1 unspecified atom stereocenters. The van der Waals surface area contributed by atoms with Crippen LogP contribution >= 0.6 is 0 Å². The van der Waals surface area contributed by atoms with Crippen molar-refractivity contribution in [3.8, 4) is 5.69 Å². The highest BCUT2D eigenvalue weighted by atomic mass is 19.1. The zero-order valence-corrected chi connectivity index (χ0v) is 13.5. The average Bonchev–Trinajstić information content (AvgIpc) is 2.92. The molecule has 2 aliphatic carbocycles. The summed E-state index contributed by atoms with van der Waals surface area (Å²) in [7, 11) is 1.88. The molecule has 116 valence electrons. The summed E-state index contributed by atoms with van der Waals surface area (Å²) in [5.74, 6) is -0.0835. The van der Waals surface area contributed by atoms with Gasteiger partial charge in [-0.15, -0.1) is 0 Å². The van der Waals surface area contributed by atoms with E-state index in [1.54, 1.807) is 18.2 Å². The van der Waals surface area contributed by atoms with Crippen LogP contribution < -0.4 is 5.56 Å². The Hall–Kier alpha value is -1.84. The molecule has 2 aromatic rings. The Morgan fingerprint density at radius 3 is 2.55 bits per heavy atom. The zero-order valence-electron chi connectivity index (χ0n) is 13.5. The predicted octanol–water partition coefficient (Wildman–Crippen LogP) is 3.49. The van der Waals surface area contributed by atoms with E-state index in [0.717, 1.165) is 24.1 Å². The van der Waals surface area contributed by atoms with E-state index in [4.69, 9.17) is 0 Å². The van der Waals surface area contributed by atoms with Gasteiger partial charge in [-0.1, -0.05) is 32.9 Å². The number of nitrogens with zero attached hydrogens (tertiary/aromatic N) is 2. The van der Waals surface area contributed by atoms with E-state index in [-0.39, 0.29) is 28.1 Å². The molecule has 3 nitrogen and oxygen atoms in total. The highest BCUT2D eigenvalue weighted by Crippen LogP contribution is 2.66. The Balaban J connectivity index is 2.05. The third-order valence-corrected chi connectivity index (χ3v) is 6.48. The number of rotatable bonds is 1. The van der Waals surface area contributed by atoms with Crippen molar-refractivity contribution in [1.82, 2.24) is 9.36 Å². The molecule has 22 heavy (non-hydrogen) atoms. The molecule has 1 fully saturated rings. The van der Waals surface area contributed by atoms with Gasteiger partial charge in [-0.3, -0.25) is 9.48 Å². The number of benzene rings is 1. The van der Waals surface area contributed by atoms with E-state index in [2.05, 4.69) is 20.8 Å². The molecule has 0 amide bonds. The number of aromatic nitrogens is 2. The second-order valence-electron chi connectivity index (χ2n) is 7.50. The monoisotopic (exact) mass is 300 g/mol. The van der Waals surface area contributed by atoms with Crippen LogP contribution in [0.25, 0.3) is 5.69 Å². The van der Waals surface area contributed by atoms with Crippen LogP contribution in [0.2, 0.25) is 0 Å². The van der Waals surface area contributed by atoms with Crippen LogP contribution in [0, 0.1) is 11.2 Å². The lowest BCUT2D eigenvalue weighted by molar-refractivity contribution is 0.217. The van der Waals surface area contributed by atoms with Gasteiger partial charge in [0.25, 0.3) is 5.56 Å². The molecule has 4 rings (SSSR count). The van der Waals surface area contributed by atoms with E-state index in [1.807, 2.05) is 11.7 Å². The van der Waals surface area contributed by atoms with Crippen LogP contribution in [-0.4, -0.2) is 9.36 Å². The third kappa shape index (κ3) is 1.30. The Kier molecular flexibility index (Phi) is 2.46. The predicted molar refractivity (Wildman–Crippen MR) is 84.1 cm³/mol. The average molecular weight is 300 g/mol. The maximum absolute atomic E-state index is 14.2. The third-order valence-electron chi connectivity index (χ3n) is 6.48. The highest BCUT2D eigenvalue weighted by Gasteiger charge is 2.62. The van der Waals surface area contributed by atoms with Gasteiger partial charge < -0.3 is 0 Å². The van der Waals surface area contributed by atoms with Crippen molar-refractivity contribution < 1.29 is 4.39 Å². The van der Waals surface area contributed by atoms with Crippen molar-refractivity contribution in [2.45, 2.75) is 44.9 Å². The first-order valence-corrected chi connectivity index (χ1v) is 7.88. The maximum Gasteiger partial charge on any atom is 0.275 e. The molecular formula is C18H21FN2O. The first kappa shape index (κ1) is 13.8. The van der Waals surface area contributed by atoms with Crippen LogP contribution in [0.1, 0.15) is 50.8 Å². The lowest BCUT2D eigenvalue weighted by Gasteiger charge is -2.36. The quantitative estimate of drug-likeness (QED) is 0.792. The normalized spacial score (nSPS) is 28.1. The summed E-state index contributed by atoms with van der Waals surface area (Å²) in [5, 5.41) is 0. The van der Waals surface area contributed by atoms with E-state index in [9.17, 15) is 9.18 Å². The topological polar surface area (TPSA) is 26.9 Å². The fourth-order valence-corrected chi connectivity index (χ4v) is 4.92. The molecule has 0 spiro atoms. The van der Waals surface area contributed by atoms with Crippen molar-refractivity contribution in [2.24, 2.45) is 12.5 Å². The van der Waals surface area contributed by atoms with Crippen LogP contribution in [0.3, 0.4) is 0 Å². The van der Waals surface area contributed by atoms with E-state index in [1.165, 1.54) is 10.7 Å². The van der Waals surface area contributed by atoms with Crippen LogP contribution in [0.4, 0.5) is 4.39 Å². The van der Waals surface area contributed by atoms with Crippen molar-refractivity contribution in [1.29, 1.82) is 0 Å². The Morgan fingerprint density at radius 1 is 1.23 bits per heavy atom. The molecule has 1 aromatic carbocycles. The van der Waals surface area contributed by atoms with Crippen molar-refractivity contribution in [2.75, 3.05) is 0 Å². The summed E-state index contributed by atoms with van der Waals surface area (Å²) in [6, 6.07) is 6.49. The van der Waals surface area contributed by atoms with Crippen molar-refractivity contribution >= 4 is 0 Å². The van der Waals surface area contributed by atoms with Gasteiger partial charge in [0, 0.05) is 18.0 Å². The number of para-hydroxylation sites is 1. The molecule has 2 aliphatic rings. The van der Waals surface area contributed by atoms with E-state index in [0.29, 0.717) is 5.69 Å². The molecular weight excluding hydrogens is 279 g/mol. The van der Waals surface area contributed by atoms with Gasteiger partial charge in [0.15, 0.2) is 0 Å². The van der Waals surface area contributed by atoms with Gasteiger partial charge in [0.05, 0.1) is 5.69 Å². The molecule has 0 N–H and O–H groups in total. The molecule has 1 aromatic heterocycles. The molecule has 1 heterocycles. The minimum Gasteiger partial charge on any atom is -0.284 e. The fraction of sp³-hybridized carbons (Fsp3) is 0.500. The second kappa shape index (κ2) is 3.92. The number of fused-ring (bicyclic) bond motifs is 5. The van der Waals surface area contributed by atoms with Crippen molar-refractivity contribution in [3.63, 3.8) is 0 Å². The van der Waals surface area contributed by atoms with E-state index >= 15 is 0 Å². The molecule has 1 saturated carbocycles. The summed E-state index contributed by atoms with van der Waals surface area (Å²) in [4.78, 5) is 13.0. The van der Waals surface area contributed by atoms with Crippen molar-refractivity contribution in [3.05, 3.63) is 51.7 Å². The SMILES string of the molecule is Cn1c2c(c(=O)n1-c1ccccc1F)C1CC[C@]2(C)C1(C)C. The van der Waals surface area contributed by atoms with Gasteiger partial charge in [-0.25, -0.2) is 9.07 Å². The lowest BCUT2D eigenvalue weighted by Crippen LogP contribution is -2.35. The van der Waals surface area contributed by atoms with Gasteiger partial charge in [0.1, 0.15) is 11.5 Å². The zero-order chi connectivity index (χ0) is 15.9. The summed E-state index contributed by atoms with van der Waals surface area (Å²) in [6.07, 6.45) is 2.14.